The molecule has 6 heteroatoms. The quantitative estimate of drug-likeness (QED) is 0.608. The van der Waals surface area contributed by atoms with Gasteiger partial charge in [0, 0.05) is 24.0 Å². The predicted molar refractivity (Wildman–Crippen MR) is 58.5 cm³/mol. The van der Waals surface area contributed by atoms with Gasteiger partial charge < -0.3 is 5.73 Å². The predicted octanol–water partition coefficient (Wildman–Crippen LogP) is 1.63. The SMILES string of the molecule is Nc1cncc(-c2ccc([N+](=O)[O-])cn2)c1. The van der Waals surface area contributed by atoms with Crippen LogP contribution in [0.15, 0.2) is 36.8 Å². The summed E-state index contributed by atoms with van der Waals surface area (Å²) >= 11 is 0. The van der Waals surface area contributed by atoms with Gasteiger partial charge in [0.15, 0.2) is 0 Å². The van der Waals surface area contributed by atoms with E-state index < -0.39 is 4.92 Å². The third-order valence-electron chi connectivity index (χ3n) is 2.01. The van der Waals surface area contributed by atoms with E-state index in [9.17, 15) is 10.1 Å². The molecule has 80 valence electrons. The fraction of sp³-hybridized carbons (Fsp3) is 0. The highest BCUT2D eigenvalue weighted by atomic mass is 16.6. The molecule has 0 saturated carbocycles. The van der Waals surface area contributed by atoms with E-state index in [4.69, 9.17) is 5.73 Å². The second-order valence-corrected chi connectivity index (χ2v) is 3.17. The number of hydrogen-bond acceptors (Lipinski definition) is 5. The molecule has 0 aliphatic rings. The minimum Gasteiger partial charge on any atom is -0.397 e. The molecule has 0 aliphatic heterocycles. The van der Waals surface area contributed by atoms with E-state index in [1.807, 2.05) is 0 Å². The topological polar surface area (TPSA) is 94.9 Å². The average molecular weight is 216 g/mol. The summed E-state index contributed by atoms with van der Waals surface area (Å²) in [6.45, 7) is 0. The summed E-state index contributed by atoms with van der Waals surface area (Å²) in [5, 5.41) is 10.4. The van der Waals surface area contributed by atoms with Crippen LogP contribution < -0.4 is 5.73 Å². The lowest BCUT2D eigenvalue weighted by Crippen LogP contribution is -1.92. The smallest absolute Gasteiger partial charge is 0.287 e. The van der Waals surface area contributed by atoms with Gasteiger partial charge in [-0.05, 0) is 12.1 Å². The van der Waals surface area contributed by atoms with Crippen molar-refractivity contribution >= 4 is 11.4 Å². The molecule has 0 aliphatic carbocycles. The summed E-state index contributed by atoms with van der Waals surface area (Å²) in [6, 6.07) is 4.67. The van der Waals surface area contributed by atoms with Gasteiger partial charge in [-0.15, -0.1) is 0 Å². The number of anilines is 1. The Morgan fingerprint density at radius 2 is 2.06 bits per heavy atom. The number of rotatable bonds is 2. The number of nitrogens with two attached hydrogens (primary N) is 1. The summed E-state index contributed by atoms with van der Waals surface area (Å²) in [7, 11) is 0. The van der Waals surface area contributed by atoms with Crippen LogP contribution in [-0.4, -0.2) is 14.9 Å². The number of nitrogen functional groups attached to an aromatic ring is 1. The average Bonchev–Trinajstić information content (AvgIpc) is 2.29. The van der Waals surface area contributed by atoms with Crippen molar-refractivity contribution in [2.75, 3.05) is 5.73 Å². The zero-order valence-electron chi connectivity index (χ0n) is 8.20. The molecule has 0 saturated heterocycles. The largest absolute Gasteiger partial charge is 0.397 e. The van der Waals surface area contributed by atoms with Crippen molar-refractivity contribution in [3.63, 3.8) is 0 Å². The van der Waals surface area contributed by atoms with Crippen molar-refractivity contribution in [3.8, 4) is 11.3 Å². The molecule has 2 aromatic heterocycles. The second-order valence-electron chi connectivity index (χ2n) is 3.17. The lowest BCUT2D eigenvalue weighted by Gasteiger charge is -2.00. The summed E-state index contributed by atoms with van der Waals surface area (Å²) in [5.74, 6) is 0. The summed E-state index contributed by atoms with van der Waals surface area (Å²) in [6.07, 6.45) is 4.33. The first-order valence-corrected chi connectivity index (χ1v) is 4.48. The first-order chi connectivity index (χ1) is 7.66. The number of hydrogen-bond donors (Lipinski definition) is 1. The van der Waals surface area contributed by atoms with Crippen molar-refractivity contribution < 1.29 is 4.92 Å². The summed E-state index contributed by atoms with van der Waals surface area (Å²) in [5.41, 5.74) is 7.39. The van der Waals surface area contributed by atoms with Gasteiger partial charge in [0.2, 0.25) is 0 Å². The molecule has 0 unspecified atom stereocenters. The number of pyridine rings is 2. The maximum Gasteiger partial charge on any atom is 0.287 e. The fourth-order valence-corrected chi connectivity index (χ4v) is 1.26. The van der Waals surface area contributed by atoms with Gasteiger partial charge in [-0.2, -0.15) is 0 Å². The van der Waals surface area contributed by atoms with Crippen molar-refractivity contribution in [1.82, 2.24) is 9.97 Å². The van der Waals surface area contributed by atoms with Crippen molar-refractivity contribution in [2.45, 2.75) is 0 Å². The normalized spacial score (nSPS) is 10.0. The van der Waals surface area contributed by atoms with Crippen LogP contribution in [0.5, 0.6) is 0 Å². The monoisotopic (exact) mass is 216 g/mol. The van der Waals surface area contributed by atoms with Gasteiger partial charge in [-0.3, -0.25) is 15.1 Å². The molecule has 2 aromatic rings. The molecule has 0 spiro atoms. The van der Waals surface area contributed by atoms with Crippen LogP contribution in [0.2, 0.25) is 0 Å². The highest BCUT2D eigenvalue weighted by Crippen LogP contribution is 2.19. The third kappa shape index (κ3) is 1.95. The molecule has 2 rings (SSSR count). The molecule has 16 heavy (non-hydrogen) atoms. The van der Waals surface area contributed by atoms with Gasteiger partial charge in [-0.25, -0.2) is 4.98 Å². The Balaban J connectivity index is 2.38. The Bertz CT molecular complexity index is 525. The molecule has 0 radical (unpaired) electrons. The van der Waals surface area contributed by atoms with Gasteiger partial charge in [0.1, 0.15) is 6.20 Å². The third-order valence-corrected chi connectivity index (χ3v) is 2.01. The van der Waals surface area contributed by atoms with Crippen molar-refractivity contribution in [3.05, 3.63) is 46.9 Å². The Morgan fingerprint density at radius 3 is 2.62 bits per heavy atom. The van der Waals surface area contributed by atoms with Gasteiger partial charge in [-0.1, -0.05) is 0 Å². The molecule has 0 bridgehead atoms. The van der Waals surface area contributed by atoms with Crippen LogP contribution in [0.3, 0.4) is 0 Å². The van der Waals surface area contributed by atoms with Crippen LogP contribution in [0, 0.1) is 10.1 Å². The minimum absolute atomic E-state index is 0.0411. The van der Waals surface area contributed by atoms with Gasteiger partial charge in [0.05, 0.1) is 16.3 Å². The minimum atomic E-state index is -0.492. The molecule has 0 amide bonds. The lowest BCUT2D eigenvalue weighted by molar-refractivity contribution is -0.385. The van der Waals surface area contributed by atoms with Crippen molar-refractivity contribution in [1.29, 1.82) is 0 Å². The highest BCUT2D eigenvalue weighted by molar-refractivity contribution is 5.62. The molecule has 0 fully saturated rings. The first kappa shape index (κ1) is 10.0. The van der Waals surface area contributed by atoms with Crippen LogP contribution in [0.25, 0.3) is 11.3 Å². The molecule has 2 N–H and O–H groups in total. The molecule has 2 heterocycles. The molecular formula is C10H8N4O2. The Morgan fingerprint density at radius 1 is 1.25 bits per heavy atom. The van der Waals surface area contributed by atoms with E-state index in [-0.39, 0.29) is 5.69 Å². The van der Waals surface area contributed by atoms with Crippen LogP contribution in [0.1, 0.15) is 0 Å². The van der Waals surface area contributed by atoms with E-state index in [1.54, 1.807) is 18.3 Å². The number of aromatic nitrogens is 2. The zero-order chi connectivity index (χ0) is 11.5. The maximum absolute atomic E-state index is 10.4. The van der Waals surface area contributed by atoms with E-state index in [1.165, 1.54) is 18.5 Å². The van der Waals surface area contributed by atoms with Gasteiger partial charge in [0.25, 0.3) is 5.69 Å². The molecular weight excluding hydrogens is 208 g/mol. The summed E-state index contributed by atoms with van der Waals surface area (Å²) < 4.78 is 0. The molecule has 0 aromatic carbocycles. The van der Waals surface area contributed by atoms with E-state index in [0.717, 1.165) is 5.56 Å². The van der Waals surface area contributed by atoms with E-state index >= 15 is 0 Å². The van der Waals surface area contributed by atoms with E-state index in [2.05, 4.69) is 9.97 Å². The maximum atomic E-state index is 10.4. The number of nitrogens with zero attached hydrogens (tertiary/aromatic N) is 3. The lowest BCUT2D eigenvalue weighted by atomic mass is 10.2. The standard InChI is InChI=1S/C10H8N4O2/c11-8-3-7(4-12-5-8)10-2-1-9(6-13-10)14(15)16/h1-6H,11H2. The second kappa shape index (κ2) is 3.93. The van der Waals surface area contributed by atoms with Gasteiger partial charge >= 0.3 is 0 Å². The van der Waals surface area contributed by atoms with Crippen LogP contribution in [0.4, 0.5) is 11.4 Å². The van der Waals surface area contributed by atoms with Crippen LogP contribution >= 0.6 is 0 Å². The molecule has 6 nitrogen and oxygen atoms in total. The van der Waals surface area contributed by atoms with Crippen molar-refractivity contribution in [2.24, 2.45) is 0 Å². The van der Waals surface area contributed by atoms with E-state index in [0.29, 0.717) is 11.4 Å². The number of nitro groups is 1. The first-order valence-electron chi connectivity index (χ1n) is 4.48. The Kier molecular flexibility index (Phi) is 2.47. The Hall–Kier alpha value is -2.50. The van der Waals surface area contributed by atoms with Crippen LogP contribution in [-0.2, 0) is 0 Å². The Labute approximate surface area is 90.9 Å². The molecule has 0 atom stereocenters. The highest BCUT2D eigenvalue weighted by Gasteiger charge is 2.06. The fourth-order valence-electron chi connectivity index (χ4n) is 1.26. The zero-order valence-corrected chi connectivity index (χ0v) is 8.20. The summed E-state index contributed by atoms with van der Waals surface area (Å²) in [4.78, 5) is 17.8.